The fourth-order valence-corrected chi connectivity index (χ4v) is 5.45. The highest BCUT2D eigenvalue weighted by atomic mass is 19.1. The normalized spacial score (nSPS) is 12.6. The molecule has 0 amide bonds. The summed E-state index contributed by atoms with van der Waals surface area (Å²) in [7, 11) is 0. The monoisotopic (exact) mass is 576 g/mol. The van der Waals surface area contributed by atoms with Crippen LogP contribution < -0.4 is 0 Å². The van der Waals surface area contributed by atoms with Crippen LogP contribution in [0.1, 0.15) is 25.4 Å². The molecular weight excluding hydrogens is 550 g/mol. The van der Waals surface area contributed by atoms with Crippen LogP contribution in [0.3, 0.4) is 0 Å². The van der Waals surface area contributed by atoms with E-state index in [1.807, 2.05) is 23.6 Å². The summed E-state index contributed by atoms with van der Waals surface area (Å²) in [6.07, 6.45) is 10.1. The number of aliphatic carboxylic acids is 1. The summed E-state index contributed by atoms with van der Waals surface area (Å²) >= 11 is 0. The van der Waals surface area contributed by atoms with Crippen molar-refractivity contribution in [1.82, 2.24) is 29.1 Å². The molecule has 0 spiro atoms. The molecule has 8 nitrogen and oxygen atoms in total. The van der Waals surface area contributed by atoms with Gasteiger partial charge in [0.2, 0.25) is 0 Å². The van der Waals surface area contributed by atoms with Crippen molar-refractivity contribution in [1.29, 1.82) is 0 Å². The number of hydrogen-bond acceptors (Lipinski definition) is 5. The number of carboxylic acid groups (broad SMARTS) is 1. The lowest BCUT2D eigenvalue weighted by molar-refractivity contribution is -0.142. The lowest BCUT2D eigenvalue weighted by atomic mass is 9.99. The van der Waals surface area contributed by atoms with E-state index in [0.717, 1.165) is 5.56 Å². The summed E-state index contributed by atoms with van der Waals surface area (Å²) in [5.74, 6) is -1.82. The molecule has 1 N–H and O–H groups in total. The van der Waals surface area contributed by atoms with Gasteiger partial charge in [0.15, 0.2) is 6.04 Å². The zero-order valence-electron chi connectivity index (χ0n) is 23.0. The molecule has 0 aliphatic heterocycles. The molecule has 0 bridgehead atoms. The molecule has 6 aromatic rings. The van der Waals surface area contributed by atoms with Gasteiger partial charge in [0.1, 0.15) is 11.6 Å². The molecule has 0 saturated carbocycles. The first-order valence-electron chi connectivity index (χ1n) is 13.7. The Kier molecular flexibility index (Phi) is 7.57. The Morgan fingerprint density at radius 3 is 1.51 bits per heavy atom. The van der Waals surface area contributed by atoms with E-state index in [2.05, 4.69) is 15.0 Å². The molecule has 0 radical (unpaired) electrons. The van der Waals surface area contributed by atoms with Crippen molar-refractivity contribution in [3.8, 4) is 45.0 Å². The Hall–Kier alpha value is -5.51. The third-order valence-electron chi connectivity index (χ3n) is 7.42. The van der Waals surface area contributed by atoms with E-state index in [0.29, 0.717) is 45.9 Å². The van der Waals surface area contributed by atoms with Crippen molar-refractivity contribution in [2.75, 3.05) is 0 Å². The van der Waals surface area contributed by atoms with Crippen LogP contribution in [0.15, 0.2) is 110 Å². The summed E-state index contributed by atoms with van der Waals surface area (Å²) in [6, 6.07) is 17.4. The zero-order chi connectivity index (χ0) is 29.9. The number of carboxylic acids is 1. The van der Waals surface area contributed by atoms with Gasteiger partial charge in [-0.1, -0.05) is 6.92 Å². The van der Waals surface area contributed by atoms with E-state index in [-0.39, 0.29) is 11.6 Å². The number of carbonyl (C=O) groups is 1. The molecule has 0 saturated heterocycles. The molecule has 0 aliphatic rings. The molecule has 4 aromatic heterocycles. The quantitative estimate of drug-likeness (QED) is 0.197. The second kappa shape index (κ2) is 11.8. The van der Waals surface area contributed by atoms with E-state index in [1.54, 1.807) is 72.1 Å². The molecule has 2 atom stereocenters. The van der Waals surface area contributed by atoms with Crippen LogP contribution in [0, 0.1) is 11.6 Å². The lowest BCUT2D eigenvalue weighted by Crippen LogP contribution is -2.29. The van der Waals surface area contributed by atoms with Crippen molar-refractivity contribution in [2.45, 2.75) is 25.4 Å². The highest BCUT2D eigenvalue weighted by molar-refractivity contribution is 5.82. The highest BCUT2D eigenvalue weighted by Gasteiger charge is 2.35. The van der Waals surface area contributed by atoms with Crippen LogP contribution in [0.25, 0.3) is 45.0 Å². The number of pyridine rings is 2. The molecule has 0 aliphatic carbocycles. The van der Waals surface area contributed by atoms with Crippen molar-refractivity contribution in [3.05, 3.63) is 122 Å². The molecule has 4 heterocycles. The summed E-state index contributed by atoms with van der Waals surface area (Å²) in [6.45, 7) is 1.92. The standard InChI is InChI=1S/C33H26F2N6O2/c1-2-27(40-19-38-28(21-3-7-25(34)8-4-21)30(40)23-11-15-36-16-12-23)32(33(42)43)41-20-39-29(22-5-9-26(35)10-6-22)31(41)24-13-17-37-18-14-24/h3-20,27,32H,2H2,1H3,(H,42,43). The van der Waals surface area contributed by atoms with E-state index in [9.17, 15) is 18.7 Å². The van der Waals surface area contributed by atoms with E-state index >= 15 is 0 Å². The van der Waals surface area contributed by atoms with Gasteiger partial charge in [0.25, 0.3) is 0 Å². The number of rotatable bonds is 9. The first kappa shape index (κ1) is 27.6. The predicted octanol–water partition coefficient (Wildman–Crippen LogP) is 7.09. The average Bonchev–Trinajstić information content (AvgIpc) is 3.66. The maximum absolute atomic E-state index is 13.8. The van der Waals surface area contributed by atoms with Crippen LogP contribution in [-0.4, -0.2) is 40.1 Å². The van der Waals surface area contributed by atoms with Crippen LogP contribution >= 0.6 is 0 Å². The summed E-state index contributed by atoms with van der Waals surface area (Å²) in [5, 5.41) is 10.8. The van der Waals surface area contributed by atoms with Crippen LogP contribution in [-0.2, 0) is 4.79 Å². The van der Waals surface area contributed by atoms with E-state index in [4.69, 9.17) is 4.98 Å². The minimum absolute atomic E-state index is 0.369. The van der Waals surface area contributed by atoms with Gasteiger partial charge < -0.3 is 14.2 Å². The fraction of sp³-hybridized carbons (Fsp3) is 0.121. The van der Waals surface area contributed by atoms with Gasteiger partial charge in [-0.05, 0) is 79.2 Å². The molecule has 214 valence electrons. The predicted molar refractivity (Wildman–Crippen MR) is 158 cm³/mol. The van der Waals surface area contributed by atoms with Gasteiger partial charge in [-0.3, -0.25) is 9.97 Å². The second-order valence-electron chi connectivity index (χ2n) is 9.94. The number of imidazole rings is 2. The molecule has 2 aromatic carbocycles. The Labute approximate surface area is 246 Å². The maximum atomic E-state index is 13.8. The van der Waals surface area contributed by atoms with Crippen molar-refractivity contribution < 1.29 is 18.7 Å². The van der Waals surface area contributed by atoms with Gasteiger partial charge >= 0.3 is 5.97 Å². The van der Waals surface area contributed by atoms with Gasteiger partial charge in [-0.2, -0.15) is 0 Å². The molecule has 2 unspecified atom stereocenters. The van der Waals surface area contributed by atoms with Crippen LogP contribution in [0.2, 0.25) is 0 Å². The minimum Gasteiger partial charge on any atom is -0.480 e. The highest BCUT2D eigenvalue weighted by Crippen LogP contribution is 2.41. The average molecular weight is 577 g/mol. The third kappa shape index (κ3) is 5.30. The summed E-state index contributed by atoms with van der Waals surface area (Å²) in [5.41, 5.74) is 5.15. The largest absolute Gasteiger partial charge is 0.480 e. The first-order valence-corrected chi connectivity index (χ1v) is 13.7. The topological polar surface area (TPSA) is 98.7 Å². The SMILES string of the molecule is CCC(C(C(=O)O)n1cnc(-c2ccc(F)cc2)c1-c1ccncc1)n1cnc(-c2ccc(F)cc2)c1-c1ccncc1. The van der Waals surface area contributed by atoms with Gasteiger partial charge in [0.05, 0.1) is 41.5 Å². The smallest absolute Gasteiger partial charge is 0.328 e. The number of benzene rings is 2. The second-order valence-corrected chi connectivity index (χ2v) is 9.94. The Balaban J connectivity index is 1.56. The minimum atomic E-state index is -1.12. The molecular formula is C33H26F2N6O2. The summed E-state index contributed by atoms with van der Waals surface area (Å²) < 4.78 is 31.1. The van der Waals surface area contributed by atoms with Gasteiger partial charge in [-0.15, -0.1) is 0 Å². The molecule has 43 heavy (non-hydrogen) atoms. The third-order valence-corrected chi connectivity index (χ3v) is 7.42. The number of halogens is 2. The lowest BCUT2D eigenvalue weighted by Gasteiger charge is -2.28. The van der Waals surface area contributed by atoms with Crippen LogP contribution in [0.4, 0.5) is 8.78 Å². The van der Waals surface area contributed by atoms with Crippen LogP contribution in [0.5, 0.6) is 0 Å². The maximum Gasteiger partial charge on any atom is 0.328 e. The van der Waals surface area contributed by atoms with Crippen molar-refractivity contribution in [2.24, 2.45) is 0 Å². The molecule has 0 fully saturated rings. The first-order chi connectivity index (χ1) is 21.0. The fourth-order valence-electron chi connectivity index (χ4n) is 5.45. The van der Waals surface area contributed by atoms with E-state index in [1.165, 1.54) is 30.6 Å². The Bertz CT molecular complexity index is 1850. The van der Waals surface area contributed by atoms with E-state index < -0.39 is 18.1 Å². The summed E-state index contributed by atoms with van der Waals surface area (Å²) in [4.78, 5) is 30.8. The number of hydrogen-bond donors (Lipinski definition) is 1. The number of nitrogens with zero attached hydrogens (tertiary/aromatic N) is 6. The van der Waals surface area contributed by atoms with Crippen molar-refractivity contribution in [3.63, 3.8) is 0 Å². The Morgan fingerprint density at radius 1 is 0.674 bits per heavy atom. The molecule has 10 heteroatoms. The Morgan fingerprint density at radius 2 is 1.09 bits per heavy atom. The van der Waals surface area contributed by atoms with Gasteiger partial charge in [-0.25, -0.2) is 23.5 Å². The number of aromatic nitrogens is 6. The van der Waals surface area contributed by atoms with Crippen molar-refractivity contribution >= 4 is 5.97 Å². The zero-order valence-corrected chi connectivity index (χ0v) is 23.0. The molecule has 6 rings (SSSR count). The van der Waals surface area contributed by atoms with Gasteiger partial charge in [0, 0.05) is 47.0 Å².